The highest BCUT2D eigenvalue weighted by molar-refractivity contribution is 5.80. The molecule has 0 fully saturated rings. The van der Waals surface area contributed by atoms with Gasteiger partial charge in [0, 0.05) is 23.5 Å². The lowest BCUT2D eigenvalue weighted by atomic mass is 10.1. The van der Waals surface area contributed by atoms with Gasteiger partial charge in [-0.1, -0.05) is 12.1 Å². The third kappa shape index (κ3) is 2.87. The number of methoxy groups -OCH3 is 1. The molecule has 0 amide bonds. The molecular weight excluding hydrogens is 314 g/mol. The maximum atomic E-state index is 9.55. The molecule has 25 heavy (non-hydrogen) atoms. The van der Waals surface area contributed by atoms with Crippen molar-refractivity contribution in [2.24, 2.45) is 0 Å². The first kappa shape index (κ1) is 15.1. The van der Waals surface area contributed by atoms with Crippen LogP contribution in [0.4, 0.5) is 11.5 Å². The van der Waals surface area contributed by atoms with E-state index in [4.69, 9.17) is 9.72 Å². The summed E-state index contributed by atoms with van der Waals surface area (Å²) in [6.07, 6.45) is 1.97. The summed E-state index contributed by atoms with van der Waals surface area (Å²) in [7, 11) is 1.65. The molecule has 0 saturated carbocycles. The average Bonchev–Trinajstić information content (AvgIpc) is 3.01. The lowest BCUT2D eigenvalue weighted by Gasteiger charge is -2.10. The fraction of sp³-hybridized carbons (Fsp3) is 0.0500. The van der Waals surface area contributed by atoms with Crippen LogP contribution in [0.2, 0.25) is 0 Å². The molecule has 0 unspecified atom stereocenters. The molecule has 0 spiro atoms. The number of phenols is 1. The Balaban J connectivity index is 1.85. The standard InChI is InChI=1S/C20H17N3O2/c1-25-17-6-4-5-15(13-17)21-20-19(14-8-10-16(24)11-9-14)22-18-7-2-3-12-23(18)20/h2-13,21,24H,1H3. The number of aromatic hydroxyl groups is 1. The average molecular weight is 331 g/mol. The van der Waals surface area contributed by atoms with Crippen LogP contribution in [0, 0.1) is 0 Å². The molecule has 2 aromatic carbocycles. The molecule has 5 heteroatoms. The Morgan fingerprint density at radius 1 is 1.00 bits per heavy atom. The van der Waals surface area contributed by atoms with E-state index in [0.717, 1.165) is 34.2 Å². The molecule has 4 aromatic rings. The molecule has 0 aliphatic heterocycles. The number of imidazole rings is 1. The van der Waals surface area contributed by atoms with Crippen LogP contribution in [0.15, 0.2) is 72.9 Å². The summed E-state index contributed by atoms with van der Waals surface area (Å²) in [5, 5.41) is 13.0. The normalized spacial score (nSPS) is 10.8. The number of hydrogen-bond donors (Lipinski definition) is 2. The van der Waals surface area contributed by atoms with Crippen molar-refractivity contribution < 1.29 is 9.84 Å². The zero-order valence-electron chi connectivity index (χ0n) is 13.7. The number of benzene rings is 2. The van der Waals surface area contributed by atoms with E-state index in [1.165, 1.54) is 0 Å². The van der Waals surface area contributed by atoms with E-state index in [1.807, 2.05) is 65.2 Å². The van der Waals surface area contributed by atoms with Crippen LogP contribution < -0.4 is 10.1 Å². The summed E-state index contributed by atoms with van der Waals surface area (Å²) in [4.78, 5) is 4.74. The van der Waals surface area contributed by atoms with Crippen LogP contribution in [-0.2, 0) is 0 Å². The Hall–Kier alpha value is -3.47. The van der Waals surface area contributed by atoms with Crippen LogP contribution >= 0.6 is 0 Å². The van der Waals surface area contributed by atoms with Crippen LogP contribution in [0.5, 0.6) is 11.5 Å². The van der Waals surface area contributed by atoms with Crippen LogP contribution in [0.1, 0.15) is 0 Å². The number of fused-ring (bicyclic) bond motifs is 1. The molecule has 5 nitrogen and oxygen atoms in total. The Kier molecular flexibility index (Phi) is 3.74. The molecule has 2 heterocycles. The van der Waals surface area contributed by atoms with Crippen molar-refractivity contribution in [2.75, 3.05) is 12.4 Å². The van der Waals surface area contributed by atoms with E-state index in [1.54, 1.807) is 19.2 Å². The zero-order valence-corrected chi connectivity index (χ0v) is 13.7. The highest BCUT2D eigenvalue weighted by Gasteiger charge is 2.14. The second-order valence-corrected chi connectivity index (χ2v) is 5.64. The number of anilines is 2. The van der Waals surface area contributed by atoms with Gasteiger partial charge in [0.05, 0.1) is 7.11 Å². The van der Waals surface area contributed by atoms with Crippen molar-refractivity contribution in [1.82, 2.24) is 9.38 Å². The fourth-order valence-electron chi connectivity index (χ4n) is 2.77. The van der Waals surface area contributed by atoms with Gasteiger partial charge in [0.15, 0.2) is 0 Å². The molecular formula is C20H17N3O2. The molecule has 2 N–H and O–H groups in total. The first-order chi connectivity index (χ1) is 12.2. The summed E-state index contributed by atoms with van der Waals surface area (Å²) in [6, 6.07) is 20.7. The number of ether oxygens (including phenoxy) is 1. The minimum atomic E-state index is 0.231. The minimum absolute atomic E-state index is 0.231. The van der Waals surface area contributed by atoms with Crippen LogP contribution in [0.25, 0.3) is 16.9 Å². The number of hydrogen-bond acceptors (Lipinski definition) is 4. The summed E-state index contributed by atoms with van der Waals surface area (Å²) in [5.74, 6) is 1.87. The summed E-state index contributed by atoms with van der Waals surface area (Å²) in [5.41, 5.74) is 3.49. The quantitative estimate of drug-likeness (QED) is 0.580. The molecule has 2 aromatic heterocycles. The molecule has 0 saturated heterocycles. The zero-order chi connectivity index (χ0) is 17.2. The number of rotatable bonds is 4. The van der Waals surface area contributed by atoms with Crippen LogP contribution in [-0.4, -0.2) is 21.6 Å². The maximum Gasteiger partial charge on any atom is 0.143 e. The third-order valence-electron chi connectivity index (χ3n) is 4.00. The molecule has 0 bridgehead atoms. The van der Waals surface area contributed by atoms with Crippen molar-refractivity contribution in [3.8, 4) is 22.8 Å². The van der Waals surface area contributed by atoms with Gasteiger partial charge in [0.25, 0.3) is 0 Å². The molecule has 0 radical (unpaired) electrons. The monoisotopic (exact) mass is 331 g/mol. The van der Waals surface area contributed by atoms with E-state index in [0.29, 0.717) is 0 Å². The van der Waals surface area contributed by atoms with Gasteiger partial charge in [0.1, 0.15) is 28.7 Å². The number of phenolic OH excluding ortho intramolecular Hbond substituents is 1. The predicted molar refractivity (Wildman–Crippen MR) is 98.6 cm³/mol. The number of nitrogens with one attached hydrogen (secondary N) is 1. The fourth-order valence-corrected chi connectivity index (χ4v) is 2.77. The first-order valence-corrected chi connectivity index (χ1v) is 7.92. The molecule has 4 rings (SSSR count). The second-order valence-electron chi connectivity index (χ2n) is 5.64. The summed E-state index contributed by atoms with van der Waals surface area (Å²) < 4.78 is 7.30. The molecule has 0 atom stereocenters. The van der Waals surface area contributed by atoms with Gasteiger partial charge in [0.2, 0.25) is 0 Å². The van der Waals surface area contributed by atoms with E-state index in [2.05, 4.69) is 5.32 Å². The summed E-state index contributed by atoms with van der Waals surface area (Å²) in [6.45, 7) is 0. The first-order valence-electron chi connectivity index (χ1n) is 7.92. The van der Waals surface area contributed by atoms with Crippen LogP contribution in [0.3, 0.4) is 0 Å². The van der Waals surface area contributed by atoms with Crippen molar-refractivity contribution in [3.63, 3.8) is 0 Å². The van der Waals surface area contributed by atoms with Gasteiger partial charge >= 0.3 is 0 Å². The van der Waals surface area contributed by atoms with Gasteiger partial charge < -0.3 is 15.2 Å². The van der Waals surface area contributed by atoms with E-state index < -0.39 is 0 Å². The maximum absolute atomic E-state index is 9.55. The van der Waals surface area contributed by atoms with Crippen molar-refractivity contribution in [3.05, 3.63) is 72.9 Å². The Morgan fingerprint density at radius 2 is 1.84 bits per heavy atom. The second kappa shape index (κ2) is 6.20. The predicted octanol–water partition coefficient (Wildman–Crippen LogP) is 4.46. The Morgan fingerprint density at radius 3 is 2.64 bits per heavy atom. The van der Waals surface area contributed by atoms with E-state index in [9.17, 15) is 5.11 Å². The lowest BCUT2D eigenvalue weighted by Crippen LogP contribution is -1.97. The lowest BCUT2D eigenvalue weighted by molar-refractivity contribution is 0.415. The highest BCUT2D eigenvalue weighted by atomic mass is 16.5. The van der Waals surface area contributed by atoms with Crippen molar-refractivity contribution >= 4 is 17.2 Å². The molecule has 124 valence electrons. The Labute approximate surface area is 145 Å². The van der Waals surface area contributed by atoms with Gasteiger partial charge in [-0.3, -0.25) is 4.40 Å². The summed E-state index contributed by atoms with van der Waals surface area (Å²) >= 11 is 0. The van der Waals surface area contributed by atoms with Gasteiger partial charge in [-0.05, 0) is 48.5 Å². The van der Waals surface area contributed by atoms with Crippen molar-refractivity contribution in [2.45, 2.75) is 0 Å². The number of pyridine rings is 1. The largest absolute Gasteiger partial charge is 0.508 e. The smallest absolute Gasteiger partial charge is 0.143 e. The highest BCUT2D eigenvalue weighted by Crippen LogP contribution is 2.32. The van der Waals surface area contributed by atoms with Gasteiger partial charge in [-0.15, -0.1) is 0 Å². The van der Waals surface area contributed by atoms with Gasteiger partial charge in [-0.2, -0.15) is 0 Å². The van der Waals surface area contributed by atoms with Gasteiger partial charge in [-0.25, -0.2) is 4.98 Å². The van der Waals surface area contributed by atoms with E-state index in [-0.39, 0.29) is 5.75 Å². The Bertz CT molecular complexity index is 1020. The topological polar surface area (TPSA) is 58.8 Å². The molecule has 0 aliphatic carbocycles. The van der Waals surface area contributed by atoms with Crippen molar-refractivity contribution in [1.29, 1.82) is 0 Å². The molecule has 0 aliphatic rings. The number of nitrogens with zero attached hydrogens (tertiary/aromatic N) is 2. The third-order valence-corrected chi connectivity index (χ3v) is 4.00. The SMILES string of the molecule is COc1cccc(Nc2c(-c3ccc(O)cc3)nc3ccccn23)c1. The number of aromatic nitrogens is 2. The minimum Gasteiger partial charge on any atom is -0.508 e. The van der Waals surface area contributed by atoms with E-state index >= 15 is 0 Å².